The molecular weight excluding hydrogens is 381 g/mol. The molecular formula is C23H24FN5O. The van der Waals surface area contributed by atoms with E-state index in [1.165, 1.54) is 17.2 Å². The third-order valence-electron chi connectivity index (χ3n) is 5.25. The molecule has 0 fully saturated rings. The van der Waals surface area contributed by atoms with Gasteiger partial charge in [0.2, 0.25) is 0 Å². The number of aromatic nitrogens is 2. The number of hydrogen-bond donors (Lipinski definition) is 3. The molecule has 2 aromatic heterocycles. The summed E-state index contributed by atoms with van der Waals surface area (Å²) >= 11 is 0. The summed E-state index contributed by atoms with van der Waals surface area (Å²) in [7, 11) is 0. The molecule has 0 unspecified atom stereocenters. The standard InChI is InChI=1S/C23H24FN5O/c1-23(2)14-25-11-15-10-17(7-8-20(15)23)29-22(30)19-4-3-9-26-21(19)28-13-18-6-5-16(24)12-27-18/h3-10,12,25H,11,13-14H2,1-2H3,(H,26,28)(H,29,30). The second kappa shape index (κ2) is 8.20. The monoisotopic (exact) mass is 405 g/mol. The molecule has 0 bridgehead atoms. The van der Waals surface area contributed by atoms with Crippen molar-refractivity contribution in [1.29, 1.82) is 0 Å². The van der Waals surface area contributed by atoms with Gasteiger partial charge in [0.25, 0.3) is 5.91 Å². The molecule has 0 atom stereocenters. The van der Waals surface area contributed by atoms with Gasteiger partial charge in [-0.3, -0.25) is 9.78 Å². The van der Waals surface area contributed by atoms with Gasteiger partial charge in [0, 0.05) is 30.4 Å². The molecule has 7 heteroatoms. The fourth-order valence-corrected chi connectivity index (χ4v) is 3.70. The smallest absolute Gasteiger partial charge is 0.259 e. The van der Waals surface area contributed by atoms with E-state index in [-0.39, 0.29) is 17.1 Å². The van der Waals surface area contributed by atoms with Crippen molar-refractivity contribution in [2.45, 2.75) is 32.4 Å². The van der Waals surface area contributed by atoms with Gasteiger partial charge in [0.15, 0.2) is 0 Å². The third kappa shape index (κ3) is 4.31. The first-order chi connectivity index (χ1) is 14.4. The minimum Gasteiger partial charge on any atom is -0.364 e. The number of pyridine rings is 2. The molecule has 1 amide bonds. The van der Waals surface area contributed by atoms with E-state index in [9.17, 15) is 9.18 Å². The number of carbonyl (C=O) groups excluding carboxylic acids is 1. The van der Waals surface area contributed by atoms with Gasteiger partial charge in [0.05, 0.1) is 24.0 Å². The third-order valence-corrected chi connectivity index (χ3v) is 5.25. The molecule has 1 aromatic carbocycles. The summed E-state index contributed by atoms with van der Waals surface area (Å²) in [4.78, 5) is 21.2. The van der Waals surface area contributed by atoms with E-state index in [0.717, 1.165) is 25.0 Å². The maximum absolute atomic E-state index is 13.0. The van der Waals surface area contributed by atoms with E-state index >= 15 is 0 Å². The van der Waals surface area contributed by atoms with Crippen LogP contribution in [0, 0.1) is 5.82 Å². The van der Waals surface area contributed by atoms with Crippen LogP contribution in [0.25, 0.3) is 0 Å². The summed E-state index contributed by atoms with van der Waals surface area (Å²) in [6.07, 6.45) is 2.78. The number of nitrogens with one attached hydrogen (secondary N) is 3. The summed E-state index contributed by atoms with van der Waals surface area (Å²) in [5.74, 6) is -0.192. The highest BCUT2D eigenvalue weighted by molar-refractivity contribution is 6.07. The number of benzene rings is 1. The Hall–Kier alpha value is -3.32. The molecule has 1 aliphatic rings. The van der Waals surface area contributed by atoms with E-state index in [0.29, 0.717) is 23.6 Å². The highest BCUT2D eigenvalue weighted by atomic mass is 19.1. The molecule has 0 saturated carbocycles. The first-order valence-corrected chi connectivity index (χ1v) is 9.87. The summed E-state index contributed by atoms with van der Waals surface area (Å²) < 4.78 is 13.0. The minimum absolute atomic E-state index is 0.0605. The first kappa shape index (κ1) is 20.0. The van der Waals surface area contributed by atoms with E-state index in [1.807, 2.05) is 12.1 Å². The molecule has 0 spiro atoms. The first-order valence-electron chi connectivity index (χ1n) is 9.87. The predicted molar refractivity (Wildman–Crippen MR) is 115 cm³/mol. The Kier molecular flexibility index (Phi) is 5.46. The van der Waals surface area contributed by atoms with Gasteiger partial charge < -0.3 is 16.0 Å². The zero-order valence-corrected chi connectivity index (χ0v) is 17.0. The van der Waals surface area contributed by atoms with Crippen LogP contribution in [-0.4, -0.2) is 22.4 Å². The largest absolute Gasteiger partial charge is 0.364 e. The van der Waals surface area contributed by atoms with Crippen molar-refractivity contribution >= 4 is 17.4 Å². The van der Waals surface area contributed by atoms with Gasteiger partial charge in [-0.1, -0.05) is 19.9 Å². The minimum atomic E-state index is -0.389. The van der Waals surface area contributed by atoms with Crippen LogP contribution in [0.15, 0.2) is 54.9 Å². The topological polar surface area (TPSA) is 78.9 Å². The van der Waals surface area contributed by atoms with Crippen molar-refractivity contribution in [2.75, 3.05) is 17.2 Å². The highest BCUT2D eigenvalue weighted by Gasteiger charge is 2.27. The molecule has 0 radical (unpaired) electrons. The quantitative estimate of drug-likeness (QED) is 0.601. The molecule has 0 aliphatic carbocycles. The maximum atomic E-state index is 13.0. The second-order valence-corrected chi connectivity index (χ2v) is 8.03. The number of anilines is 2. The summed E-state index contributed by atoms with van der Waals surface area (Å²) in [5.41, 5.74) is 4.37. The zero-order valence-electron chi connectivity index (χ0n) is 17.0. The molecule has 6 nitrogen and oxygen atoms in total. The van der Waals surface area contributed by atoms with Crippen LogP contribution in [0.1, 0.15) is 41.0 Å². The van der Waals surface area contributed by atoms with Gasteiger partial charge in [-0.2, -0.15) is 0 Å². The SMILES string of the molecule is CC1(C)CNCc2cc(NC(=O)c3cccnc3NCc3ccc(F)cn3)ccc21. The lowest BCUT2D eigenvalue weighted by atomic mass is 9.79. The Morgan fingerprint density at radius 3 is 2.87 bits per heavy atom. The Balaban J connectivity index is 1.49. The number of fused-ring (bicyclic) bond motifs is 1. The molecule has 154 valence electrons. The van der Waals surface area contributed by atoms with E-state index < -0.39 is 0 Å². The Morgan fingerprint density at radius 2 is 2.07 bits per heavy atom. The lowest BCUT2D eigenvalue weighted by Gasteiger charge is -2.33. The predicted octanol–water partition coefficient (Wildman–Crippen LogP) is 3.86. The van der Waals surface area contributed by atoms with Crippen molar-refractivity contribution in [1.82, 2.24) is 15.3 Å². The Morgan fingerprint density at radius 1 is 1.20 bits per heavy atom. The average molecular weight is 405 g/mol. The number of nitrogens with zero attached hydrogens (tertiary/aromatic N) is 2. The van der Waals surface area contributed by atoms with Crippen LogP contribution in [0.2, 0.25) is 0 Å². The van der Waals surface area contributed by atoms with Crippen molar-refractivity contribution in [3.05, 3.63) is 83.1 Å². The zero-order chi connectivity index (χ0) is 21.1. The summed E-state index contributed by atoms with van der Waals surface area (Å²) in [6, 6.07) is 12.4. The number of amides is 1. The molecule has 3 N–H and O–H groups in total. The van der Waals surface area contributed by atoms with E-state index in [2.05, 4.69) is 45.8 Å². The van der Waals surface area contributed by atoms with Crippen molar-refractivity contribution in [3.8, 4) is 0 Å². The molecule has 4 rings (SSSR count). The van der Waals surface area contributed by atoms with Crippen LogP contribution in [-0.2, 0) is 18.5 Å². The number of halogens is 1. The average Bonchev–Trinajstić information content (AvgIpc) is 2.73. The number of rotatable bonds is 5. The normalized spacial score (nSPS) is 14.6. The van der Waals surface area contributed by atoms with Crippen LogP contribution in [0.5, 0.6) is 0 Å². The second-order valence-electron chi connectivity index (χ2n) is 8.03. The van der Waals surface area contributed by atoms with Crippen LogP contribution < -0.4 is 16.0 Å². The number of carbonyl (C=O) groups is 1. The van der Waals surface area contributed by atoms with Gasteiger partial charge in [-0.05, 0) is 47.5 Å². The number of hydrogen-bond acceptors (Lipinski definition) is 5. The van der Waals surface area contributed by atoms with Crippen LogP contribution in [0.3, 0.4) is 0 Å². The van der Waals surface area contributed by atoms with Crippen molar-refractivity contribution < 1.29 is 9.18 Å². The lowest BCUT2D eigenvalue weighted by Crippen LogP contribution is -2.38. The molecule has 1 aliphatic heterocycles. The molecule has 3 aromatic rings. The molecule has 0 saturated heterocycles. The van der Waals surface area contributed by atoms with Gasteiger partial charge in [-0.25, -0.2) is 9.37 Å². The maximum Gasteiger partial charge on any atom is 0.259 e. The lowest BCUT2D eigenvalue weighted by molar-refractivity contribution is 0.102. The van der Waals surface area contributed by atoms with Crippen LogP contribution >= 0.6 is 0 Å². The van der Waals surface area contributed by atoms with Gasteiger partial charge in [0.1, 0.15) is 11.6 Å². The fraction of sp³-hybridized carbons (Fsp3) is 0.261. The summed E-state index contributed by atoms with van der Waals surface area (Å²) in [5, 5.41) is 9.51. The van der Waals surface area contributed by atoms with E-state index in [1.54, 1.807) is 24.4 Å². The fourth-order valence-electron chi connectivity index (χ4n) is 3.70. The summed E-state index contributed by atoms with van der Waals surface area (Å²) in [6.45, 7) is 6.46. The Bertz CT molecular complexity index is 1070. The van der Waals surface area contributed by atoms with E-state index in [4.69, 9.17) is 0 Å². The van der Waals surface area contributed by atoms with Gasteiger partial charge in [-0.15, -0.1) is 0 Å². The Labute approximate surface area is 175 Å². The van der Waals surface area contributed by atoms with Gasteiger partial charge >= 0.3 is 0 Å². The van der Waals surface area contributed by atoms with Crippen LogP contribution in [0.4, 0.5) is 15.9 Å². The highest BCUT2D eigenvalue weighted by Crippen LogP contribution is 2.31. The van der Waals surface area contributed by atoms with Crippen molar-refractivity contribution in [2.24, 2.45) is 0 Å². The van der Waals surface area contributed by atoms with Crippen molar-refractivity contribution in [3.63, 3.8) is 0 Å². The molecule has 3 heterocycles. The molecule has 30 heavy (non-hydrogen) atoms.